The first kappa shape index (κ1) is 13.2. The van der Waals surface area contributed by atoms with Crippen molar-refractivity contribution in [2.24, 2.45) is 0 Å². The summed E-state index contributed by atoms with van der Waals surface area (Å²) in [5, 5.41) is 2.23. The fourth-order valence-corrected chi connectivity index (χ4v) is 4.63. The van der Waals surface area contributed by atoms with E-state index in [1.54, 1.807) is 19.1 Å². The molecule has 3 heterocycles. The molecule has 0 N–H and O–H groups in total. The highest BCUT2D eigenvalue weighted by Crippen LogP contribution is 2.44. The monoisotopic (exact) mass is 301 g/mol. The van der Waals surface area contributed by atoms with Crippen molar-refractivity contribution in [1.29, 1.82) is 0 Å². The van der Waals surface area contributed by atoms with Crippen molar-refractivity contribution in [2.75, 3.05) is 20.8 Å². The Morgan fingerprint density at radius 1 is 1.10 bits per heavy atom. The summed E-state index contributed by atoms with van der Waals surface area (Å²) in [6.07, 6.45) is 2.19. The molecule has 21 heavy (non-hydrogen) atoms. The second-order valence-electron chi connectivity index (χ2n) is 5.67. The van der Waals surface area contributed by atoms with Gasteiger partial charge in [-0.15, -0.1) is 11.3 Å². The van der Waals surface area contributed by atoms with Crippen LogP contribution in [0.2, 0.25) is 0 Å². The summed E-state index contributed by atoms with van der Waals surface area (Å²) in [6, 6.07) is 6.85. The number of thiophene rings is 1. The lowest BCUT2D eigenvalue weighted by Crippen LogP contribution is -2.39. The number of nitrogens with zero attached hydrogens (tertiary/aromatic N) is 1. The highest BCUT2D eigenvalue weighted by molar-refractivity contribution is 7.10. The van der Waals surface area contributed by atoms with Crippen LogP contribution in [0.3, 0.4) is 0 Å². The minimum Gasteiger partial charge on any atom is -0.496 e. The standard InChI is InChI=1S/C17H19NO2S/c1-19-15-3-4-16(20-2)13-10-18-7-5-17-11(6-8-21-17)14(18)9-12(13)15/h3-4,6,8,14H,5,7,9-10H2,1-2H3/t14-/m0/s1. The third-order valence-electron chi connectivity index (χ3n) is 4.75. The topological polar surface area (TPSA) is 21.7 Å². The molecule has 3 nitrogen and oxygen atoms in total. The Kier molecular flexibility index (Phi) is 3.16. The summed E-state index contributed by atoms with van der Waals surface area (Å²) in [5.74, 6) is 1.98. The molecule has 4 heteroatoms. The predicted octanol–water partition coefficient (Wildman–Crippen LogP) is 3.42. The van der Waals surface area contributed by atoms with E-state index in [2.05, 4.69) is 16.3 Å². The van der Waals surface area contributed by atoms with Gasteiger partial charge in [-0.1, -0.05) is 0 Å². The van der Waals surface area contributed by atoms with Crippen LogP contribution < -0.4 is 9.47 Å². The number of ether oxygens (including phenoxy) is 2. The second-order valence-corrected chi connectivity index (χ2v) is 6.67. The number of hydrogen-bond acceptors (Lipinski definition) is 4. The van der Waals surface area contributed by atoms with Crippen LogP contribution in [-0.2, 0) is 19.4 Å². The van der Waals surface area contributed by atoms with E-state index in [-0.39, 0.29) is 0 Å². The summed E-state index contributed by atoms with van der Waals surface area (Å²) in [7, 11) is 3.51. The molecule has 0 saturated heterocycles. The van der Waals surface area contributed by atoms with Crippen molar-refractivity contribution < 1.29 is 9.47 Å². The Labute approximate surface area is 129 Å². The van der Waals surface area contributed by atoms with E-state index >= 15 is 0 Å². The van der Waals surface area contributed by atoms with Gasteiger partial charge in [0.25, 0.3) is 0 Å². The molecular formula is C17H19NO2S. The molecule has 0 spiro atoms. The molecular weight excluding hydrogens is 282 g/mol. The minimum atomic E-state index is 0.494. The molecule has 0 radical (unpaired) electrons. The smallest absolute Gasteiger partial charge is 0.123 e. The largest absolute Gasteiger partial charge is 0.496 e. The lowest BCUT2D eigenvalue weighted by Gasteiger charge is -2.41. The fraction of sp³-hybridized carbons (Fsp3) is 0.412. The normalized spacial score (nSPS) is 20.4. The first-order valence-corrected chi connectivity index (χ1v) is 8.23. The predicted molar refractivity (Wildman–Crippen MR) is 84.4 cm³/mol. The quantitative estimate of drug-likeness (QED) is 0.848. The first-order valence-electron chi connectivity index (χ1n) is 7.35. The Morgan fingerprint density at radius 3 is 2.62 bits per heavy atom. The molecule has 0 aliphatic carbocycles. The Morgan fingerprint density at radius 2 is 1.86 bits per heavy atom. The maximum Gasteiger partial charge on any atom is 0.123 e. The van der Waals surface area contributed by atoms with E-state index in [1.807, 2.05) is 23.5 Å². The third kappa shape index (κ3) is 1.97. The van der Waals surface area contributed by atoms with E-state index < -0.39 is 0 Å². The zero-order valence-electron chi connectivity index (χ0n) is 12.4. The SMILES string of the molecule is COc1ccc(OC)c2c1C[C@H]1c3ccsc3CCN1C2. The maximum absolute atomic E-state index is 5.59. The molecule has 0 bridgehead atoms. The van der Waals surface area contributed by atoms with Gasteiger partial charge in [-0.2, -0.15) is 0 Å². The van der Waals surface area contributed by atoms with E-state index in [1.165, 1.54) is 23.1 Å². The molecule has 0 fully saturated rings. The lowest BCUT2D eigenvalue weighted by atomic mass is 9.86. The zero-order valence-corrected chi connectivity index (χ0v) is 13.2. The van der Waals surface area contributed by atoms with Gasteiger partial charge in [-0.25, -0.2) is 0 Å². The van der Waals surface area contributed by atoms with Crippen molar-refractivity contribution in [3.8, 4) is 11.5 Å². The van der Waals surface area contributed by atoms with Gasteiger partial charge in [0.15, 0.2) is 0 Å². The number of fused-ring (bicyclic) bond motifs is 4. The van der Waals surface area contributed by atoms with Crippen LogP contribution in [0.1, 0.15) is 27.6 Å². The van der Waals surface area contributed by atoms with Gasteiger partial charge in [0.2, 0.25) is 0 Å². The fourth-order valence-electron chi connectivity index (χ4n) is 3.70. The van der Waals surface area contributed by atoms with Crippen LogP contribution in [0.25, 0.3) is 0 Å². The van der Waals surface area contributed by atoms with Gasteiger partial charge >= 0.3 is 0 Å². The Hall–Kier alpha value is -1.52. The van der Waals surface area contributed by atoms with Crippen LogP contribution in [0.5, 0.6) is 11.5 Å². The summed E-state index contributed by atoms with van der Waals surface area (Å²) in [5.41, 5.74) is 4.13. The van der Waals surface area contributed by atoms with Crippen LogP contribution in [0.4, 0.5) is 0 Å². The molecule has 4 rings (SSSR count). The summed E-state index contributed by atoms with van der Waals surface area (Å²) in [4.78, 5) is 4.14. The zero-order chi connectivity index (χ0) is 14.4. The van der Waals surface area contributed by atoms with E-state index in [0.717, 1.165) is 31.0 Å². The Bertz CT molecular complexity index is 679. The van der Waals surface area contributed by atoms with Crippen molar-refractivity contribution in [3.63, 3.8) is 0 Å². The maximum atomic E-state index is 5.59. The van der Waals surface area contributed by atoms with Crippen LogP contribution in [-0.4, -0.2) is 25.7 Å². The van der Waals surface area contributed by atoms with Gasteiger partial charge < -0.3 is 9.47 Å². The number of rotatable bonds is 2. The molecule has 1 aromatic heterocycles. The molecule has 2 aromatic rings. The molecule has 0 amide bonds. The molecule has 0 saturated carbocycles. The number of benzene rings is 1. The molecule has 1 atom stereocenters. The van der Waals surface area contributed by atoms with E-state index in [4.69, 9.17) is 9.47 Å². The molecule has 2 aliphatic heterocycles. The van der Waals surface area contributed by atoms with Gasteiger partial charge in [-0.05, 0) is 42.0 Å². The molecule has 2 aliphatic rings. The average molecular weight is 301 g/mol. The van der Waals surface area contributed by atoms with Crippen molar-refractivity contribution >= 4 is 11.3 Å². The first-order chi connectivity index (χ1) is 10.3. The second kappa shape index (κ2) is 5.04. The summed E-state index contributed by atoms with van der Waals surface area (Å²) >= 11 is 1.90. The van der Waals surface area contributed by atoms with Crippen molar-refractivity contribution in [2.45, 2.75) is 25.4 Å². The molecule has 1 aromatic carbocycles. The highest BCUT2D eigenvalue weighted by atomic mass is 32.1. The molecule has 110 valence electrons. The van der Waals surface area contributed by atoms with Crippen LogP contribution in [0, 0.1) is 0 Å². The van der Waals surface area contributed by atoms with Crippen LogP contribution >= 0.6 is 11.3 Å². The Balaban J connectivity index is 1.81. The average Bonchev–Trinajstić information content (AvgIpc) is 3.01. The molecule has 0 unspecified atom stereocenters. The van der Waals surface area contributed by atoms with E-state index in [0.29, 0.717) is 6.04 Å². The summed E-state index contributed by atoms with van der Waals surface area (Å²) < 4.78 is 11.2. The van der Waals surface area contributed by atoms with Crippen molar-refractivity contribution in [1.82, 2.24) is 4.90 Å². The number of methoxy groups -OCH3 is 2. The highest BCUT2D eigenvalue weighted by Gasteiger charge is 2.35. The van der Waals surface area contributed by atoms with Gasteiger partial charge in [0.05, 0.1) is 14.2 Å². The van der Waals surface area contributed by atoms with Crippen molar-refractivity contribution in [3.05, 3.63) is 45.1 Å². The van der Waals surface area contributed by atoms with Gasteiger partial charge in [0, 0.05) is 35.1 Å². The van der Waals surface area contributed by atoms with Gasteiger partial charge in [-0.3, -0.25) is 4.90 Å². The summed E-state index contributed by atoms with van der Waals surface area (Å²) in [6.45, 7) is 2.09. The number of hydrogen-bond donors (Lipinski definition) is 0. The minimum absolute atomic E-state index is 0.494. The third-order valence-corrected chi connectivity index (χ3v) is 5.75. The lowest BCUT2D eigenvalue weighted by molar-refractivity contribution is 0.158. The van der Waals surface area contributed by atoms with Crippen LogP contribution in [0.15, 0.2) is 23.6 Å². The van der Waals surface area contributed by atoms with E-state index in [9.17, 15) is 0 Å². The van der Waals surface area contributed by atoms with Gasteiger partial charge in [0.1, 0.15) is 11.5 Å².